The van der Waals surface area contributed by atoms with Crippen molar-refractivity contribution in [3.8, 4) is 0 Å². The minimum absolute atomic E-state index is 0.0618. The highest BCUT2D eigenvalue weighted by Gasteiger charge is 2.50. The molecule has 1 aliphatic carbocycles. The molecule has 2 heteroatoms. The molecule has 4 atom stereocenters. The lowest BCUT2D eigenvalue weighted by molar-refractivity contribution is -0.197. The Balaban J connectivity index is 1.98. The van der Waals surface area contributed by atoms with Crippen LogP contribution in [0.15, 0.2) is 30.3 Å². The number of carbonyl (C=O) groups is 1. The highest BCUT2D eigenvalue weighted by atomic mass is 16.5. The fourth-order valence-electron chi connectivity index (χ4n) is 3.67. The Kier molecular flexibility index (Phi) is 3.01. The summed E-state index contributed by atoms with van der Waals surface area (Å²) in [6.07, 6.45) is 1.86. The van der Waals surface area contributed by atoms with Gasteiger partial charge in [-0.15, -0.1) is 0 Å². The third-order valence-electron chi connectivity index (χ3n) is 5.09. The van der Waals surface area contributed by atoms with Crippen LogP contribution in [-0.4, -0.2) is 11.4 Å². The second kappa shape index (κ2) is 4.45. The van der Waals surface area contributed by atoms with Gasteiger partial charge in [-0.25, -0.2) is 0 Å². The molecule has 0 unspecified atom stereocenters. The Morgan fingerprint density at radius 3 is 2.58 bits per heavy atom. The molecule has 2 nitrogen and oxygen atoms in total. The Labute approximate surface area is 115 Å². The van der Waals surface area contributed by atoms with Gasteiger partial charge in [0.1, 0.15) is 5.78 Å². The Morgan fingerprint density at radius 2 is 1.89 bits per heavy atom. The van der Waals surface area contributed by atoms with Gasteiger partial charge < -0.3 is 4.74 Å². The molecule has 1 aromatic rings. The molecule has 2 aliphatic rings. The third kappa shape index (κ3) is 2.12. The summed E-state index contributed by atoms with van der Waals surface area (Å²) in [6, 6.07) is 10.4. The van der Waals surface area contributed by atoms with E-state index in [1.54, 1.807) is 0 Å². The van der Waals surface area contributed by atoms with Gasteiger partial charge in [-0.3, -0.25) is 4.79 Å². The number of ketones is 1. The number of carbonyl (C=O) groups excluding carboxylic acids is 1. The van der Waals surface area contributed by atoms with Crippen LogP contribution in [0.5, 0.6) is 0 Å². The molecule has 2 fully saturated rings. The van der Waals surface area contributed by atoms with E-state index in [1.807, 2.05) is 18.2 Å². The minimum Gasteiger partial charge on any atom is -0.367 e. The fraction of sp³-hybridized carbons (Fsp3) is 0.588. The summed E-state index contributed by atoms with van der Waals surface area (Å²) in [6.45, 7) is 6.33. The number of hydrogen-bond donors (Lipinski definition) is 0. The molecular formula is C17H22O2. The summed E-state index contributed by atoms with van der Waals surface area (Å²) in [5, 5.41) is 0. The van der Waals surface area contributed by atoms with E-state index in [2.05, 4.69) is 32.9 Å². The van der Waals surface area contributed by atoms with E-state index in [0.29, 0.717) is 24.0 Å². The van der Waals surface area contributed by atoms with Crippen LogP contribution in [-0.2, 0) is 9.53 Å². The van der Waals surface area contributed by atoms with Crippen molar-refractivity contribution in [3.05, 3.63) is 35.9 Å². The van der Waals surface area contributed by atoms with Crippen molar-refractivity contribution in [1.82, 2.24) is 0 Å². The average Bonchev–Trinajstić information content (AvgIpc) is 2.39. The molecule has 1 aromatic carbocycles. The zero-order valence-corrected chi connectivity index (χ0v) is 11.9. The number of benzene rings is 1. The van der Waals surface area contributed by atoms with Gasteiger partial charge in [0, 0.05) is 12.3 Å². The quantitative estimate of drug-likeness (QED) is 0.766. The maximum Gasteiger partial charge on any atom is 0.136 e. The molecule has 2 bridgehead atoms. The number of Topliss-reactive ketones (excluding diaryl/α,β-unsaturated/α-hetero) is 1. The van der Waals surface area contributed by atoms with Gasteiger partial charge in [0.2, 0.25) is 0 Å². The monoisotopic (exact) mass is 258 g/mol. The van der Waals surface area contributed by atoms with E-state index in [9.17, 15) is 4.79 Å². The molecule has 1 saturated heterocycles. The highest BCUT2D eigenvalue weighted by Crippen LogP contribution is 2.51. The maximum absolute atomic E-state index is 12.2. The lowest BCUT2D eigenvalue weighted by atomic mass is 9.64. The normalized spacial score (nSPS) is 37.1. The largest absolute Gasteiger partial charge is 0.367 e. The molecule has 0 amide bonds. The predicted molar refractivity (Wildman–Crippen MR) is 74.7 cm³/mol. The SMILES string of the molecule is C[C@@H]1C(=O)C[C@H]2C[C@@H]1[C@H](c1ccccc1)OC2(C)C. The van der Waals surface area contributed by atoms with E-state index in [1.165, 1.54) is 5.56 Å². The van der Waals surface area contributed by atoms with Crippen molar-refractivity contribution in [2.24, 2.45) is 17.8 Å². The topological polar surface area (TPSA) is 26.3 Å². The zero-order valence-electron chi connectivity index (χ0n) is 11.9. The van der Waals surface area contributed by atoms with Gasteiger partial charge in [0.15, 0.2) is 0 Å². The van der Waals surface area contributed by atoms with Gasteiger partial charge >= 0.3 is 0 Å². The van der Waals surface area contributed by atoms with Crippen molar-refractivity contribution in [3.63, 3.8) is 0 Å². The van der Waals surface area contributed by atoms with E-state index in [4.69, 9.17) is 4.74 Å². The van der Waals surface area contributed by atoms with Crippen LogP contribution in [0.2, 0.25) is 0 Å². The molecule has 0 radical (unpaired) electrons. The van der Waals surface area contributed by atoms with Crippen molar-refractivity contribution in [2.75, 3.05) is 0 Å². The lowest BCUT2D eigenvalue weighted by Crippen LogP contribution is -2.51. The van der Waals surface area contributed by atoms with Crippen LogP contribution in [0.1, 0.15) is 45.3 Å². The predicted octanol–water partition coefficient (Wildman–Crippen LogP) is 3.77. The van der Waals surface area contributed by atoms with Crippen LogP contribution >= 0.6 is 0 Å². The van der Waals surface area contributed by atoms with Crippen LogP contribution in [0.3, 0.4) is 0 Å². The van der Waals surface area contributed by atoms with Gasteiger partial charge in [-0.2, -0.15) is 0 Å². The third-order valence-corrected chi connectivity index (χ3v) is 5.09. The molecule has 19 heavy (non-hydrogen) atoms. The van der Waals surface area contributed by atoms with Gasteiger partial charge in [0.05, 0.1) is 11.7 Å². The van der Waals surface area contributed by atoms with Crippen LogP contribution in [0, 0.1) is 17.8 Å². The second-order valence-corrected chi connectivity index (χ2v) is 6.61. The minimum atomic E-state index is -0.202. The first-order valence-corrected chi connectivity index (χ1v) is 7.24. The van der Waals surface area contributed by atoms with E-state index in [-0.39, 0.29) is 17.6 Å². The highest BCUT2D eigenvalue weighted by molar-refractivity contribution is 5.82. The Hall–Kier alpha value is -1.15. The molecule has 3 rings (SSSR count). The molecule has 102 valence electrons. The maximum atomic E-state index is 12.2. The molecule has 1 aliphatic heterocycles. The zero-order chi connectivity index (χ0) is 13.6. The fourth-order valence-corrected chi connectivity index (χ4v) is 3.67. The molecule has 0 spiro atoms. The molecular weight excluding hydrogens is 236 g/mol. The summed E-state index contributed by atoms with van der Waals surface area (Å²) in [7, 11) is 0. The van der Waals surface area contributed by atoms with Crippen LogP contribution in [0.4, 0.5) is 0 Å². The second-order valence-electron chi connectivity index (χ2n) is 6.61. The Bertz CT molecular complexity index is 477. The van der Waals surface area contributed by atoms with Gasteiger partial charge in [0.25, 0.3) is 0 Å². The van der Waals surface area contributed by atoms with E-state index < -0.39 is 0 Å². The first-order chi connectivity index (χ1) is 8.99. The van der Waals surface area contributed by atoms with Crippen LogP contribution in [0.25, 0.3) is 0 Å². The molecule has 1 saturated carbocycles. The molecule has 0 N–H and O–H groups in total. The number of hydrogen-bond acceptors (Lipinski definition) is 2. The number of rotatable bonds is 1. The number of ether oxygens (including phenoxy) is 1. The lowest BCUT2D eigenvalue weighted by Gasteiger charge is -2.51. The van der Waals surface area contributed by atoms with Gasteiger partial charge in [-0.1, -0.05) is 37.3 Å². The van der Waals surface area contributed by atoms with Crippen molar-refractivity contribution in [1.29, 1.82) is 0 Å². The summed E-state index contributed by atoms with van der Waals surface area (Å²) < 4.78 is 6.39. The van der Waals surface area contributed by atoms with Crippen molar-refractivity contribution >= 4 is 5.78 Å². The summed E-state index contributed by atoms with van der Waals surface area (Å²) in [5.41, 5.74) is 1.01. The average molecular weight is 258 g/mol. The Morgan fingerprint density at radius 1 is 1.21 bits per heavy atom. The first kappa shape index (κ1) is 12.9. The van der Waals surface area contributed by atoms with E-state index in [0.717, 1.165) is 6.42 Å². The summed E-state index contributed by atoms with van der Waals surface area (Å²) in [4.78, 5) is 12.2. The number of fused-ring (bicyclic) bond motifs is 2. The van der Waals surface area contributed by atoms with Crippen molar-refractivity contribution in [2.45, 2.75) is 45.3 Å². The molecule has 1 heterocycles. The van der Waals surface area contributed by atoms with Crippen LogP contribution < -0.4 is 0 Å². The first-order valence-electron chi connectivity index (χ1n) is 7.24. The molecule has 0 aromatic heterocycles. The smallest absolute Gasteiger partial charge is 0.136 e. The summed E-state index contributed by atoms with van der Waals surface area (Å²) in [5.74, 6) is 1.25. The summed E-state index contributed by atoms with van der Waals surface area (Å²) >= 11 is 0. The van der Waals surface area contributed by atoms with Crippen molar-refractivity contribution < 1.29 is 9.53 Å². The van der Waals surface area contributed by atoms with Gasteiger partial charge in [-0.05, 0) is 37.7 Å². The standard InChI is InChI=1S/C17H22O2/c1-11-14-9-13(10-15(11)18)17(2,3)19-16(14)12-7-5-4-6-8-12/h4-8,11,13-14,16H,9-10H2,1-3H3/t11-,13+,14-,16-/m0/s1. The van der Waals surface area contributed by atoms with E-state index >= 15 is 0 Å².